The summed E-state index contributed by atoms with van der Waals surface area (Å²) in [5, 5.41) is 9.37. The third-order valence-corrected chi connectivity index (χ3v) is 3.45. The monoisotopic (exact) mass is 350 g/mol. The summed E-state index contributed by atoms with van der Waals surface area (Å²) in [5.41, 5.74) is 0.479. The molecule has 0 heterocycles. The molecule has 0 aromatic heterocycles. The zero-order valence-corrected chi connectivity index (χ0v) is 16.0. The molecule has 0 fully saturated rings. The molecule has 1 N–H and O–H groups in total. The van der Waals surface area contributed by atoms with Crippen molar-refractivity contribution >= 4 is 17.9 Å². The van der Waals surface area contributed by atoms with E-state index in [2.05, 4.69) is 27.7 Å². The number of nitrogens with zero attached hydrogens (tertiary/aromatic N) is 2. The predicted octanol–water partition coefficient (Wildman–Crippen LogP) is 4.69. The molecule has 1 aromatic carbocycles. The van der Waals surface area contributed by atoms with E-state index in [4.69, 9.17) is 4.74 Å². The summed E-state index contributed by atoms with van der Waals surface area (Å²) in [6, 6.07) is 6.39. The summed E-state index contributed by atoms with van der Waals surface area (Å²) in [4.78, 5) is 26.9. The topological polar surface area (TPSA) is 70.1 Å². The van der Waals surface area contributed by atoms with Gasteiger partial charge in [-0.3, -0.25) is 4.90 Å². The van der Waals surface area contributed by atoms with Crippen LogP contribution < -0.4 is 9.64 Å². The lowest BCUT2D eigenvalue weighted by molar-refractivity contribution is 0.140. The first-order valence-electron chi connectivity index (χ1n) is 8.70. The Morgan fingerprint density at radius 2 is 1.60 bits per heavy atom. The summed E-state index contributed by atoms with van der Waals surface area (Å²) in [5.74, 6) is 1.01. The number of amides is 2. The molecule has 0 aliphatic rings. The van der Waals surface area contributed by atoms with Crippen molar-refractivity contribution in [2.45, 2.75) is 47.6 Å². The first kappa shape index (κ1) is 20.8. The summed E-state index contributed by atoms with van der Waals surface area (Å²) in [7, 11) is 0. The van der Waals surface area contributed by atoms with Gasteiger partial charge in [0.25, 0.3) is 0 Å². The number of benzene rings is 1. The van der Waals surface area contributed by atoms with Crippen molar-refractivity contribution in [1.82, 2.24) is 4.90 Å². The minimum atomic E-state index is -1.04. The minimum Gasteiger partial charge on any atom is -0.465 e. The standard InChI is InChI=1S/C19H30N2O4/c1-13(2)11-20(12-14(3)4)19(24)25-17-9-7-8-16(10-17)21(15(5)6)18(22)23/h7-10,13-15H,11-12H2,1-6H3,(H,22,23). The lowest BCUT2D eigenvalue weighted by atomic mass is 10.1. The number of anilines is 1. The van der Waals surface area contributed by atoms with Crippen LogP contribution in [0.5, 0.6) is 5.75 Å². The lowest BCUT2D eigenvalue weighted by Gasteiger charge is -2.26. The van der Waals surface area contributed by atoms with Gasteiger partial charge in [-0.05, 0) is 37.8 Å². The average molecular weight is 350 g/mol. The number of carboxylic acid groups (broad SMARTS) is 1. The Hall–Kier alpha value is -2.24. The SMILES string of the molecule is CC(C)CN(CC(C)C)C(=O)Oc1cccc(N(C(=O)O)C(C)C)c1. The van der Waals surface area contributed by atoms with E-state index in [9.17, 15) is 14.7 Å². The number of ether oxygens (including phenoxy) is 1. The predicted molar refractivity (Wildman–Crippen MR) is 99.4 cm³/mol. The highest BCUT2D eigenvalue weighted by atomic mass is 16.6. The van der Waals surface area contributed by atoms with Gasteiger partial charge in [0.15, 0.2) is 0 Å². The first-order valence-corrected chi connectivity index (χ1v) is 8.70. The van der Waals surface area contributed by atoms with Gasteiger partial charge in [0.1, 0.15) is 5.75 Å². The van der Waals surface area contributed by atoms with Gasteiger partial charge in [-0.25, -0.2) is 9.59 Å². The van der Waals surface area contributed by atoms with Crippen LogP contribution in [0.3, 0.4) is 0 Å². The third-order valence-electron chi connectivity index (χ3n) is 3.45. The molecule has 0 saturated heterocycles. The fourth-order valence-corrected chi connectivity index (χ4v) is 2.60. The van der Waals surface area contributed by atoms with Gasteiger partial charge >= 0.3 is 12.2 Å². The van der Waals surface area contributed by atoms with Crippen molar-refractivity contribution in [2.24, 2.45) is 11.8 Å². The zero-order valence-electron chi connectivity index (χ0n) is 16.0. The molecular weight excluding hydrogens is 320 g/mol. The summed E-state index contributed by atoms with van der Waals surface area (Å²) < 4.78 is 5.50. The van der Waals surface area contributed by atoms with Gasteiger partial charge in [-0.1, -0.05) is 33.8 Å². The molecule has 1 aromatic rings. The lowest BCUT2D eigenvalue weighted by Crippen LogP contribution is -2.39. The fraction of sp³-hybridized carbons (Fsp3) is 0.579. The number of rotatable bonds is 7. The molecular formula is C19H30N2O4. The van der Waals surface area contributed by atoms with E-state index in [1.54, 1.807) is 43.0 Å². The van der Waals surface area contributed by atoms with E-state index in [1.165, 1.54) is 4.90 Å². The molecule has 6 heteroatoms. The van der Waals surface area contributed by atoms with Gasteiger partial charge in [0.2, 0.25) is 0 Å². The molecule has 0 radical (unpaired) electrons. The van der Waals surface area contributed by atoms with Crippen LogP contribution in [0, 0.1) is 11.8 Å². The van der Waals surface area contributed by atoms with Crippen molar-refractivity contribution in [1.29, 1.82) is 0 Å². The van der Waals surface area contributed by atoms with Gasteiger partial charge in [-0.15, -0.1) is 0 Å². The quantitative estimate of drug-likeness (QED) is 0.774. The smallest absolute Gasteiger partial charge is 0.415 e. The second-order valence-corrected chi connectivity index (χ2v) is 7.30. The minimum absolute atomic E-state index is 0.221. The Morgan fingerprint density at radius 3 is 2.04 bits per heavy atom. The Bertz CT molecular complexity index is 575. The average Bonchev–Trinajstić information content (AvgIpc) is 2.45. The maximum absolute atomic E-state index is 12.5. The first-order chi connectivity index (χ1) is 11.6. The van der Waals surface area contributed by atoms with Crippen LogP contribution in [0.2, 0.25) is 0 Å². The van der Waals surface area contributed by atoms with Crippen LogP contribution in [0.4, 0.5) is 15.3 Å². The Balaban J connectivity index is 2.95. The molecule has 2 amide bonds. The van der Waals surface area contributed by atoms with Crippen molar-refractivity contribution in [3.8, 4) is 5.75 Å². The molecule has 6 nitrogen and oxygen atoms in total. The van der Waals surface area contributed by atoms with Crippen molar-refractivity contribution in [3.05, 3.63) is 24.3 Å². The van der Waals surface area contributed by atoms with Crippen LogP contribution in [0.1, 0.15) is 41.5 Å². The highest BCUT2D eigenvalue weighted by molar-refractivity contribution is 5.87. The van der Waals surface area contributed by atoms with Gasteiger partial charge in [0, 0.05) is 25.2 Å². The molecule has 0 atom stereocenters. The Morgan fingerprint density at radius 1 is 1.04 bits per heavy atom. The van der Waals surface area contributed by atoms with E-state index < -0.39 is 12.2 Å². The van der Waals surface area contributed by atoms with Crippen LogP contribution >= 0.6 is 0 Å². The van der Waals surface area contributed by atoms with Crippen LogP contribution in [-0.2, 0) is 0 Å². The maximum atomic E-state index is 12.5. The van der Waals surface area contributed by atoms with Crippen molar-refractivity contribution in [3.63, 3.8) is 0 Å². The Labute approximate surface area is 150 Å². The normalized spacial score (nSPS) is 11.1. The number of carbonyl (C=O) groups is 2. The van der Waals surface area contributed by atoms with E-state index in [0.717, 1.165) is 0 Å². The summed E-state index contributed by atoms with van der Waals surface area (Å²) >= 11 is 0. The largest absolute Gasteiger partial charge is 0.465 e. The zero-order chi connectivity index (χ0) is 19.1. The highest BCUT2D eigenvalue weighted by Gasteiger charge is 2.21. The van der Waals surface area contributed by atoms with E-state index >= 15 is 0 Å². The van der Waals surface area contributed by atoms with Crippen LogP contribution in [0.15, 0.2) is 24.3 Å². The molecule has 0 unspecified atom stereocenters. The van der Waals surface area contributed by atoms with Gasteiger partial charge in [0.05, 0.1) is 5.69 Å². The number of hydrogen-bond donors (Lipinski definition) is 1. The van der Waals surface area contributed by atoms with E-state index in [0.29, 0.717) is 36.4 Å². The number of carbonyl (C=O) groups excluding carboxylic acids is 1. The fourth-order valence-electron chi connectivity index (χ4n) is 2.60. The van der Waals surface area contributed by atoms with E-state index in [-0.39, 0.29) is 6.04 Å². The number of hydrogen-bond acceptors (Lipinski definition) is 3. The van der Waals surface area contributed by atoms with Crippen LogP contribution in [0.25, 0.3) is 0 Å². The molecule has 0 aliphatic heterocycles. The second kappa shape index (κ2) is 9.30. The van der Waals surface area contributed by atoms with Crippen molar-refractivity contribution < 1.29 is 19.4 Å². The Kier molecular flexibility index (Phi) is 7.74. The summed E-state index contributed by atoms with van der Waals surface area (Å²) in [6.07, 6.45) is -1.45. The molecule has 0 bridgehead atoms. The highest BCUT2D eigenvalue weighted by Crippen LogP contribution is 2.24. The second-order valence-electron chi connectivity index (χ2n) is 7.30. The maximum Gasteiger partial charge on any atom is 0.415 e. The molecule has 140 valence electrons. The van der Waals surface area contributed by atoms with Crippen molar-refractivity contribution in [2.75, 3.05) is 18.0 Å². The van der Waals surface area contributed by atoms with Gasteiger partial charge in [-0.2, -0.15) is 0 Å². The molecule has 25 heavy (non-hydrogen) atoms. The third kappa shape index (κ3) is 6.64. The van der Waals surface area contributed by atoms with Crippen LogP contribution in [-0.4, -0.2) is 41.3 Å². The molecule has 0 saturated carbocycles. The van der Waals surface area contributed by atoms with E-state index in [1.807, 2.05) is 0 Å². The molecule has 0 spiro atoms. The molecule has 1 rings (SSSR count). The molecule has 0 aliphatic carbocycles. The summed E-state index contributed by atoms with van der Waals surface area (Å²) in [6.45, 7) is 13.0. The van der Waals surface area contributed by atoms with Gasteiger partial charge < -0.3 is 14.7 Å².